The minimum atomic E-state index is -0.548. The van der Waals surface area contributed by atoms with Gasteiger partial charge in [0.25, 0.3) is 0 Å². The lowest BCUT2D eigenvalue weighted by Gasteiger charge is -2.19. The molecule has 0 bridgehead atoms. The van der Waals surface area contributed by atoms with E-state index in [0.29, 0.717) is 17.1 Å². The van der Waals surface area contributed by atoms with Gasteiger partial charge >= 0.3 is 5.97 Å². The normalized spacial score (nSPS) is 10.9. The van der Waals surface area contributed by atoms with Crippen molar-refractivity contribution < 1.29 is 23.8 Å². The van der Waals surface area contributed by atoms with E-state index in [0.717, 1.165) is 0 Å². The highest BCUT2D eigenvalue weighted by atomic mass is 16.6. The molecule has 0 spiro atoms. The topological polar surface area (TPSA) is 87.9 Å². The molecule has 21 heavy (non-hydrogen) atoms. The molecule has 1 amide bonds. The summed E-state index contributed by atoms with van der Waals surface area (Å²) in [5.74, 6) is -0.0645. The molecule has 0 aromatic heterocycles. The standard InChI is InChI=1S/C15H21NO5/c1-15(2,3)21-13(17)7-8-20-11-6-5-10(14(16)18)9-12(11)19-4/h5-6,9H,7-8H2,1-4H3,(H2,16,18). The number of amides is 1. The summed E-state index contributed by atoms with van der Waals surface area (Å²) in [6, 6.07) is 4.60. The Balaban J connectivity index is 2.60. The van der Waals surface area contributed by atoms with Gasteiger partial charge in [0.05, 0.1) is 20.1 Å². The van der Waals surface area contributed by atoms with Gasteiger partial charge in [0.15, 0.2) is 11.5 Å². The van der Waals surface area contributed by atoms with E-state index < -0.39 is 11.5 Å². The number of benzene rings is 1. The molecule has 0 fully saturated rings. The molecule has 0 aliphatic heterocycles. The second kappa shape index (κ2) is 6.97. The van der Waals surface area contributed by atoms with Gasteiger partial charge in [0.1, 0.15) is 5.60 Å². The maximum Gasteiger partial charge on any atom is 0.309 e. The molecule has 6 nitrogen and oxygen atoms in total. The molecular weight excluding hydrogens is 274 g/mol. The maximum atomic E-state index is 11.6. The van der Waals surface area contributed by atoms with Crippen LogP contribution in [0.3, 0.4) is 0 Å². The number of carbonyl (C=O) groups excluding carboxylic acids is 2. The zero-order valence-corrected chi connectivity index (χ0v) is 12.8. The molecule has 0 radical (unpaired) electrons. The number of hydrogen-bond donors (Lipinski definition) is 1. The molecule has 116 valence electrons. The predicted octanol–water partition coefficient (Wildman–Crippen LogP) is 1.90. The van der Waals surface area contributed by atoms with Crippen LogP contribution in [0, 0.1) is 0 Å². The minimum absolute atomic E-state index is 0.123. The van der Waals surface area contributed by atoms with Crippen molar-refractivity contribution in [2.75, 3.05) is 13.7 Å². The molecule has 1 rings (SSSR count). The van der Waals surface area contributed by atoms with Gasteiger partial charge in [-0.2, -0.15) is 0 Å². The van der Waals surface area contributed by atoms with Crippen LogP contribution in [0.25, 0.3) is 0 Å². The van der Waals surface area contributed by atoms with Crippen molar-refractivity contribution >= 4 is 11.9 Å². The Bertz CT molecular complexity index is 519. The number of methoxy groups -OCH3 is 1. The third-order valence-corrected chi connectivity index (χ3v) is 2.43. The maximum absolute atomic E-state index is 11.6. The summed E-state index contributed by atoms with van der Waals surface area (Å²) in [5, 5.41) is 0. The van der Waals surface area contributed by atoms with Gasteiger partial charge in [0, 0.05) is 5.56 Å². The molecule has 0 heterocycles. The van der Waals surface area contributed by atoms with Crippen LogP contribution in [0.5, 0.6) is 11.5 Å². The summed E-state index contributed by atoms with van der Waals surface area (Å²) in [4.78, 5) is 22.6. The van der Waals surface area contributed by atoms with Gasteiger partial charge in [-0.1, -0.05) is 0 Å². The van der Waals surface area contributed by atoms with E-state index in [2.05, 4.69) is 0 Å². The molecule has 0 aliphatic carbocycles. The van der Waals surface area contributed by atoms with Crippen molar-refractivity contribution in [2.24, 2.45) is 5.73 Å². The van der Waals surface area contributed by atoms with Crippen LogP contribution in [-0.4, -0.2) is 31.2 Å². The zero-order chi connectivity index (χ0) is 16.0. The van der Waals surface area contributed by atoms with Crippen molar-refractivity contribution in [1.82, 2.24) is 0 Å². The van der Waals surface area contributed by atoms with Crippen molar-refractivity contribution in [3.05, 3.63) is 23.8 Å². The van der Waals surface area contributed by atoms with Crippen LogP contribution in [0.15, 0.2) is 18.2 Å². The summed E-state index contributed by atoms with van der Waals surface area (Å²) < 4.78 is 15.8. The first-order valence-corrected chi connectivity index (χ1v) is 6.55. The number of esters is 1. The number of primary amides is 1. The Morgan fingerprint density at radius 2 is 1.86 bits per heavy atom. The fourth-order valence-electron chi connectivity index (χ4n) is 1.58. The summed E-state index contributed by atoms with van der Waals surface area (Å²) in [6.45, 7) is 5.56. The Hall–Kier alpha value is -2.24. The predicted molar refractivity (Wildman–Crippen MR) is 77.5 cm³/mol. The summed E-state index contributed by atoms with van der Waals surface area (Å²) >= 11 is 0. The van der Waals surface area contributed by atoms with E-state index in [1.165, 1.54) is 19.2 Å². The van der Waals surface area contributed by atoms with Crippen LogP contribution >= 0.6 is 0 Å². The Morgan fingerprint density at radius 1 is 1.19 bits per heavy atom. The van der Waals surface area contributed by atoms with Gasteiger partial charge in [0.2, 0.25) is 5.91 Å². The fourth-order valence-corrected chi connectivity index (χ4v) is 1.58. The lowest BCUT2D eigenvalue weighted by Crippen LogP contribution is -2.24. The van der Waals surface area contributed by atoms with Gasteiger partial charge in [-0.05, 0) is 39.0 Å². The van der Waals surface area contributed by atoms with Crippen LogP contribution in [0.1, 0.15) is 37.6 Å². The van der Waals surface area contributed by atoms with E-state index in [4.69, 9.17) is 19.9 Å². The first kappa shape index (κ1) is 16.8. The molecular formula is C15H21NO5. The summed E-state index contributed by atoms with van der Waals surface area (Å²) in [7, 11) is 1.46. The van der Waals surface area contributed by atoms with E-state index in [-0.39, 0.29) is 19.0 Å². The van der Waals surface area contributed by atoms with Crippen molar-refractivity contribution in [3.8, 4) is 11.5 Å². The van der Waals surface area contributed by atoms with E-state index in [9.17, 15) is 9.59 Å². The molecule has 1 aromatic rings. The van der Waals surface area contributed by atoms with Crippen LogP contribution < -0.4 is 15.2 Å². The second-order valence-corrected chi connectivity index (χ2v) is 5.41. The number of rotatable bonds is 6. The van der Waals surface area contributed by atoms with Crippen molar-refractivity contribution in [1.29, 1.82) is 0 Å². The van der Waals surface area contributed by atoms with Crippen LogP contribution in [-0.2, 0) is 9.53 Å². The zero-order valence-electron chi connectivity index (χ0n) is 12.8. The first-order valence-electron chi connectivity index (χ1n) is 6.55. The minimum Gasteiger partial charge on any atom is -0.493 e. The first-order chi connectivity index (χ1) is 9.73. The highest BCUT2D eigenvalue weighted by Crippen LogP contribution is 2.28. The monoisotopic (exact) mass is 295 g/mol. The largest absolute Gasteiger partial charge is 0.493 e. The number of hydrogen-bond acceptors (Lipinski definition) is 5. The fraction of sp³-hybridized carbons (Fsp3) is 0.467. The van der Waals surface area contributed by atoms with E-state index >= 15 is 0 Å². The molecule has 0 unspecified atom stereocenters. The van der Waals surface area contributed by atoms with Gasteiger partial charge in [-0.3, -0.25) is 9.59 Å². The molecule has 0 saturated carbocycles. The molecule has 1 aromatic carbocycles. The highest BCUT2D eigenvalue weighted by Gasteiger charge is 2.16. The summed E-state index contributed by atoms with van der Waals surface area (Å²) in [6.07, 6.45) is 0.123. The number of ether oxygens (including phenoxy) is 3. The SMILES string of the molecule is COc1cc(C(N)=O)ccc1OCCC(=O)OC(C)(C)C. The van der Waals surface area contributed by atoms with Crippen molar-refractivity contribution in [3.63, 3.8) is 0 Å². The number of carbonyl (C=O) groups is 2. The highest BCUT2D eigenvalue weighted by molar-refractivity contribution is 5.93. The molecule has 6 heteroatoms. The van der Waals surface area contributed by atoms with Gasteiger partial charge in [-0.15, -0.1) is 0 Å². The third kappa shape index (κ3) is 5.72. The quantitative estimate of drug-likeness (QED) is 0.810. The molecule has 0 atom stereocenters. The summed E-state index contributed by atoms with van der Waals surface area (Å²) in [5.41, 5.74) is 5.00. The Morgan fingerprint density at radius 3 is 2.38 bits per heavy atom. The van der Waals surface area contributed by atoms with E-state index in [1.807, 2.05) is 0 Å². The van der Waals surface area contributed by atoms with Crippen LogP contribution in [0.4, 0.5) is 0 Å². The smallest absolute Gasteiger partial charge is 0.309 e. The molecule has 0 aliphatic rings. The molecule has 0 saturated heterocycles. The second-order valence-electron chi connectivity index (χ2n) is 5.41. The third-order valence-electron chi connectivity index (χ3n) is 2.43. The average molecular weight is 295 g/mol. The van der Waals surface area contributed by atoms with E-state index in [1.54, 1.807) is 26.8 Å². The van der Waals surface area contributed by atoms with Crippen molar-refractivity contribution in [2.45, 2.75) is 32.8 Å². The Labute approximate surface area is 124 Å². The van der Waals surface area contributed by atoms with Gasteiger partial charge in [-0.25, -0.2) is 0 Å². The van der Waals surface area contributed by atoms with Gasteiger partial charge < -0.3 is 19.9 Å². The lowest BCUT2D eigenvalue weighted by molar-refractivity contribution is -0.155. The molecule has 2 N–H and O–H groups in total. The van der Waals surface area contributed by atoms with Crippen LogP contribution in [0.2, 0.25) is 0 Å². The Kier molecular flexibility index (Phi) is 5.58. The average Bonchev–Trinajstić information content (AvgIpc) is 2.36. The lowest BCUT2D eigenvalue weighted by atomic mass is 10.2. The number of nitrogens with two attached hydrogens (primary N) is 1.